The zero-order chi connectivity index (χ0) is 15.1. The van der Waals surface area contributed by atoms with Crippen LogP contribution in [-0.2, 0) is 11.8 Å². The van der Waals surface area contributed by atoms with Gasteiger partial charge in [-0.05, 0) is 18.2 Å². The van der Waals surface area contributed by atoms with Crippen LogP contribution < -0.4 is 10.1 Å². The maximum Gasteiger partial charge on any atom is 0.244 e. The van der Waals surface area contributed by atoms with Crippen LogP contribution >= 0.6 is 0 Å². The Balaban J connectivity index is 1.68. The summed E-state index contributed by atoms with van der Waals surface area (Å²) in [5, 5.41) is 6.67. The highest BCUT2D eigenvalue weighted by atomic mass is 19.1. The third-order valence-corrected chi connectivity index (χ3v) is 2.62. The van der Waals surface area contributed by atoms with Crippen molar-refractivity contribution in [1.82, 2.24) is 15.1 Å². The zero-order valence-electron chi connectivity index (χ0n) is 11.6. The van der Waals surface area contributed by atoms with Crippen molar-refractivity contribution >= 4 is 12.0 Å². The summed E-state index contributed by atoms with van der Waals surface area (Å²) in [6, 6.07) is 5.87. The number of benzene rings is 1. The molecule has 0 saturated heterocycles. The highest BCUT2D eigenvalue weighted by Crippen LogP contribution is 2.11. The second kappa shape index (κ2) is 7.23. The van der Waals surface area contributed by atoms with Crippen molar-refractivity contribution < 1.29 is 13.9 Å². The number of hydrogen-bond acceptors (Lipinski definition) is 3. The summed E-state index contributed by atoms with van der Waals surface area (Å²) in [5.74, 6) is -0.132. The average Bonchev–Trinajstić information content (AvgIpc) is 2.87. The topological polar surface area (TPSA) is 56.2 Å². The normalized spacial score (nSPS) is 10.8. The fourth-order valence-electron chi connectivity index (χ4n) is 1.66. The molecular weight excluding hydrogens is 273 g/mol. The van der Waals surface area contributed by atoms with Gasteiger partial charge in [0.05, 0.1) is 12.7 Å². The van der Waals surface area contributed by atoms with E-state index in [2.05, 4.69) is 10.4 Å². The van der Waals surface area contributed by atoms with Crippen LogP contribution in [0.3, 0.4) is 0 Å². The van der Waals surface area contributed by atoms with Gasteiger partial charge < -0.3 is 10.1 Å². The van der Waals surface area contributed by atoms with Crippen molar-refractivity contribution in [3.63, 3.8) is 0 Å². The number of rotatable bonds is 6. The molecule has 0 fully saturated rings. The van der Waals surface area contributed by atoms with Crippen LogP contribution in [0.15, 0.2) is 42.7 Å². The molecule has 6 heteroatoms. The predicted octanol–water partition coefficient (Wildman–Crippen LogP) is 1.77. The molecule has 0 aliphatic heterocycles. The van der Waals surface area contributed by atoms with Crippen LogP contribution in [0.4, 0.5) is 4.39 Å². The smallest absolute Gasteiger partial charge is 0.244 e. The fraction of sp³-hybridized carbons (Fsp3) is 0.200. The number of aromatic nitrogens is 2. The molecule has 2 rings (SSSR count). The van der Waals surface area contributed by atoms with Gasteiger partial charge in [-0.1, -0.05) is 6.07 Å². The van der Waals surface area contributed by atoms with Crippen LogP contribution in [0.2, 0.25) is 0 Å². The lowest BCUT2D eigenvalue weighted by atomic mass is 10.3. The van der Waals surface area contributed by atoms with Gasteiger partial charge in [0.1, 0.15) is 18.2 Å². The minimum atomic E-state index is -0.351. The Kier molecular flexibility index (Phi) is 5.09. The van der Waals surface area contributed by atoms with Crippen LogP contribution in [-0.4, -0.2) is 28.8 Å². The van der Waals surface area contributed by atoms with Crippen LogP contribution in [0, 0.1) is 5.82 Å². The van der Waals surface area contributed by atoms with Crippen LogP contribution in [0.1, 0.15) is 5.56 Å². The summed E-state index contributed by atoms with van der Waals surface area (Å²) in [5.41, 5.74) is 0.851. The first-order valence-corrected chi connectivity index (χ1v) is 6.46. The number of hydrogen-bond donors (Lipinski definition) is 1. The molecule has 1 heterocycles. The first-order valence-electron chi connectivity index (χ1n) is 6.46. The minimum absolute atomic E-state index is 0.221. The molecule has 0 atom stereocenters. The van der Waals surface area contributed by atoms with E-state index >= 15 is 0 Å². The Morgan fingerprint density at radius 1 is 1.52 bits per heavy atom. The van der Waals surface area contributed by atoms with Gasteiger partial charge in [-0.25, -0.2) is 4.39 Å². The number of carbonyl (C=O) groups is 1. The third-order valence-electron chi connectivity index (χ3n) is 2.62. The molecular formula is C15H16FN3O2. The number of carbonyl (C=O) groups excluding carboxylic acids is 1. The molecule has 110 valence electrons. The average molecular weight is 289 g/mol. The summed E-state index contributed by atoms with van der Waals surface area (Å²) in [6.45, 7) is 0.614. The van der Waals surface area contributed by atoms with E-state index in [0.29, 0.717) is 12.3 Å². The zero-order valence-corrected chi connectivity index (χ0v) is 11.6. The standard InChI is InChI=1S/C15H16FN3O2/c1-19-11-12(10-18-19)5-6-15(20)17-7-8-21-14-4-2-3-13(16)9-14/h2-6,9-11H,7-8H2,1H3,(H,17,20). The fourth-order valence-corrected chi connectivity index (χ4v) is 1.66. The van der Waals surface area contributed by atoms with E-state index in [9.17, 15) is 9.18 Å². The molecule has 0 aliphatic rings. The number of ether oxygens (including phenoxy) is 1. The lowest BCUT2D eigenvalue weighted by Crippen LogP contribution is -2.26. The van der Waals surface area contributed by atoms with E-state index in [-0.39, 0.29) is 18.3 Å². The lowest BCUT2D eigenvalue weighted by molar-refractivity contribution is -0.116. The largest absolute Gasteiger partial charge is 0.492 e. The van der Waals surface area contributed by atoms with Gasteiger partial charge in [0.25, 0.3) is 0 Å². The molecule has 0 aliphatic carbocycles. The molecule has 1 aromatic heterocycles. The number of halogens is 1. The highest BCUT2D eigenvalue weighted by molar-refractivity contribution is 5.91. The summed E-state index contributed by atoms with van der Waals surface area (Å²) >= 11 is 0. The second-order valence-electron chi connectivity index (χ2n) is 4.38. The predicted molar refractivity (Wildman–Crippen MR) is 77.1 cm³/mol. The van der Waals surface area contributed by atoms with Gasteiger partial charge in [0, 0.05) is 31.0 Å². The Labute approximate surface area is 122 Å². The molecule has 0 saturated carbocycles. The maximum absolute atomic E-state index is 12.9. The van der Waals surface area contributed by atoms with Crippen LogP contribution in [0.25, 0.3) is 6.08 Å². The summed E-state index contributed by atoms with van der Waals surface area (Å²) in [7, 11) is 1.81. The van der Waals surface area contributed by atoms with Crippen molar-refractivity contribution in [1.29, 1.82) is 0 Å². The van der Waals surface area contributed by atoms with Crippen molar-refractivity contribution in [3.05, 3.63) is 54.1 Å². The van der Waals surface area contributed by atoms with Gasteiger partial charge in [-0.3, -0.25) is 9.48 Å². The van der Waals surface area contributed by atoms with Crippen molar-refractivity contribution in [3.8, 4) is 5.75 Å². The van der Waals surface area contributed by atoms with Gasteiger partial charge in [0.2, 0.25) is 5.91 Å². The SMILES string of the molecule is Cn1cc(C=CC(=O)NCCOc2cccc(F)c2)cn1. The molecule has 1 amide bonds. The molecule has 0 bridgehead atoms. The first kappa shape index (κ1) is 14.8. The number of nitrogens with one attached hydrogen (secondary N) is 1. The van der Waals surface area contributed by atoms with Gasteiger partial charge in [-0.15, -0.1) is 0 Å². The van der Waals surface area contributed by atoms with Crippen LogP contribution in [0.5, 0.6) is 5.75 Å². The van der Waals surface area contributed by atoms with Gasteiger partial charge >= 0.3 is 0 Å². The summed E-state index contributed by atoms with van der Waals surface area (Å²) in [6.07, 6.45) is 6.57. The molecule has 0 spiro atoms. The lowest BCUT2D eigenvalue weighted by Gasteiger charge is -2.06. The van der Waals surface area contributed by atoms with Crippen molar-refractivity contribution in [2.45, 2.75) is 0 Å². The van der Waals surface area contributed by atoms with Crippen molar-refractivity contribution in [2.75, 3.05) is 13.2 Å². The van der Waals surface area contributed by atoms with E-state index in [0.717, 1.165) is 5.56 Å². The van der Waals surface area contributed by atoms with E-state index in [4.69, 9.17) is 4.74 Å². The van der Waals surface area contributed by atoms with E-state index in [1.807, 2.05) is 0 Å². The van der Waals surface area contributed by atoms with Crippen molar-refractivity contribution in [2.24, 2.45) is 7.05 Å². The monoisotopic (exact) mass is 289 g/mol. The Morgan fingerprint density at radius 3 is 3.10 bits per heavy atom. The Hall–Kier alpha value is -2.63. The molecule has 21 heavy (non-hydrogen) atoms. The minimum Gasteiger partial charge on any atom is -0.492 e. The molecule has 0 radical (unpaired) electrons. The summed E-state index contributed by atoms with van der Waals surface area (Å²) < 4.78 is 19.9. The number of amides is 1. The Morgan fingerprint density at radius 2 is 2.38 bits per heavy atom. The highest BCUT2D eigenvalue weighted by Gasteiger charge is 1.98. The molecule has 2 aromatic rings. The maximum atomic E-state index is 12.9. The second-order valence-corrected chi connectivity index (χ2v) is 4.38. The van der Waals surface area contributed by atoms with E-state index in [1.165, 1.54) is 18.2 Å². The van der Waals surface area contributed by atoms with E-state index < -0.39 is 0 Å². The first-order chi connectivity index (χ1) is 10.1. The van der Waals surface area contributed by atoms with E-state index in [1.54, 1.807) is 42.3 Å². The molecule has 1 N–H and O–H groups in total. The molecule has 5 nitrogen and oxygen atoms in total. The van der Waals surface area contributed by atoms with Gasteiger partial charge in [-0.2, -0.15) is 5.10 Å². The molecule has 0 unspecified atom stereocenters. The molecule has 1 aromatic carbocycles. The third kappa shape index (κ3) is 5.10. The van der Waals surface area contributed by atoms with Gasteiger partial charge in [0.15, 0.2) is 0 Å². The number of aryl methyl sites for hydroxylation is 1. The summed E-state index contributed by atoms with van der Waals surface area (Å²) in [4.78, 5) is 11.5. The number of nitrogens with zero attached hydrogens (tertiary/aromatic N) is 2. The Bertz CT molecular complexity index is 637. The quantitative estimate of drug-likeness (QED) is 0.651.